The van der Waals surface area contributed by atoms with Crippen LogP contribution in [0.3, 0.4) is 0 Å². The molecule has 1 atom stereocenters. The Labute approximate surface area is 139 Å². The van der Waals surface area contributed by atoms with E-state index in [1.54, 1.807) is 54.6 Å². The highest BCUT2D eigenvalue weighted by Crippen LogP contribution is 2.45. The summed E-state index contributed by atoms with van der Waals surface area (Å²) in [6.45, 7) is 0. The third-order valence-corrected chi connectivity index (χ3v) is 4.43. The molecule has 0 amide bonds. The zero-order chi connectivity index (χ0) is 16.4. The zero-order valence-electron chi connectivity index (χ0n) is 11.7. The molecule has 1 aromatic heterocycles. The van der Waals surface area contributed by atoms with Gasteiger partial charge in [-0.2, -0.15) is 0 Å². The third kappa shape index (κ3) is 3.18. The average Bonchev–Trinajstić information content (AvgIpc) is 2.85. The molecule has 118 valence electrons. The summed E-state index contributed by atoms with van der Waals surface area (Å²) < 4.78 is 20.2. The van der Waals surface area contributed by atoms with Gasteiger partial charge < -0.3 is 14.6 Å². The van der Waals surface area contributed by atoms with E-state index in [0.29, 0.717) is 15.5 Å². The summed E-state index contributed by atoms with van der Waals surface area (Å²) in [6, 6.07) is 15.2. The second-order valence-corrected chi connectivity index (χ2v) is 6.30. The predicted molar refractivity (Wildman–Crippen MR) is 89.0 cm³/mol. The number of furan rings is 1. The minimum atomic E-state index is -1.64. The first kappa shape index (κ1) is 15.5. The highest BCUT2D eigenvalue weighted by molar-refractivity contribution is 7.86. The standard InChI is InChI=1S/C16H12ClNO4S/c17-11-8-6-10(7-9-11)15-13(19)14(20)16(22-15)18-23(21)12-4-2-1-3-5-12/h1-9,18-20H. The summed E-state index contributed by atoms with van der Waals surface area (Å²) >= 11 is 5.82. The van der Waals surface area contributed by atoms with Gasteiger partial charge in [-0.1, -0.05) is 29.8 Å². The van der Waals surface area contributed by atoms with Crippen LogP contribution in [0.15, 0.2) is 63.9 Å². The molecule has 2 aromatic carbocycles. The molecule has 0 aliphatic rings. The van der Waals surface area contributed by atoms with E-state index in [1.807, 2.05) is 0 Å². The number of hydrogen-bond donors (Lipinski definition) is 3. The van der Waals surface area contributed by atoms with Gasteiger partial charge in [0.15, 0.2) is 16.7 Å². The molecule has 0 bridgehead atoms. The summed E-state index contributed by atoms with van der Waals surface area (Å²) in [5.41, 5.74) is 0.528. The largest absolute Gasteiger partial charge is 0.502 e. The van der Waals surface area contributed by atoms with Gasteiger partial charge in [0.1, 0.15) is 0 Å². The van der Waals surface area contributed by atoms with Crippen molar-refractivity contribution in [3.8, 4) is 22.8 Å². The Bertz CT molecular complexity index is 847. The van der Waals surface area contributed by atoms with Gasteiger partial charge in [-0.25, -0.2) is 4.21 Å². The van der Waals surface area contributed by atoms with Gasteiger partial charge in [0.05, 0.1) is 4.90 Å². The van der Waals surface area contributed by atoms with Crippen molar-refractivity contribution in [3.63, 3.8) is 0 Å². The van der Waals surface area contributed by atoms with Crippen molar-refractivity contribution in [3.05, 3.63) is 59.6 Å². The van der Waals surface area contributed by atoms with Crippen molar-refractivity contribution in [1.29, 1.82) is 0 Å². The molecule has 1 unspecified atom stereocenters. The van der Waals surface area contributed by atoms with Gasteiger partial charge >= 0.3 is 0 Å². The SMILES string of the molecule is O=S(Nc1oc(-c2ccc(Cl)cc2)c(O)c1O)c1ccccc1. The van der Waals surface area contributed by atoms with Gasteiger partial charge in [0, 0.05) is 10.6 Å². The smallest absolute Gasteiger partial charge is 0.252 e. The van der Waals surface area contributed by atoms with Gasteiger partial charge in [-0.15, -0.1) is 0 Å². The average molecular weight is 350 g/mol. The fourth-order valence-corrected chi connectivity index (χ4v) is 2.92. The van der Waals surface area contributed by atoms with Crippen molar-refractivity contribution in [1.82, 2.24) is 0 Å². The highest BCUT2D eigenvalue weighted by atomic mass is 35.5. The lowest BCUT2D eigenvalue weighted by atomic mass is 10.1. The van der Waals surface area contributed by atoms with Crippen molar-refractivity contribution >= 4 is 28.5 Å². The van der Waals surface area contributed by atoms with Crippen LogP contribution in [-0.4, -0.2) is 14.4 Å². The fourth-order valence-electron chi connectivity index (χ4n) is 1.97. The predicted octanol–water partition coefficient (Wildman–Crippen LogP) is 4.15. The van der Waals surface area contributed by atoms with Crippen LogP contribution in [0.1, 0.15) is 0 Å². The molecule has 0 saturated heterocycles. The van der Waals surface area contributed by atoms with Crippen molar-refractivity contribution in [2.24, 2.45) is 0 Å². The summed E-state index contributed by atoms with van der Waals surface area (Å²) in [5.74, 6) is -1.04. The van der Waals surface area contributed by atoms with Crippen LogP contribution in [0, 0.1) is 0 Å². The summed E-state index contributed by atoms with van der Waals surface area (Å²) in [7, 11) is -1.64. The van der Waals surface area contributed by atoms with Gasteiger partial charge in [-0.3, -0.25) is 4.72 Å². The second-order valence-electron chi connectivity index (χ2n) is 4.65. The molecule has 3 N–H and O–H groups in total. The normalized spacial score (nSPS) is 12.0. The highest BCUT2D eigenvalue weighted by Gasteiger charge is 2.22. The molecule has 0 saturated carbocycles. The number of nitrogens with one attached hydrogen (secondary N) is 1. The van der Waals surface area contributed by atoms with Gasteiger partial charge in [0.25, 0.3) is 5.88 Å². The Kier molecular flexibility index (Phi) is 4.27. The first-order chi connectivity index (χ1) is 11.1. The molecule has 23 heavy (non-hydrogen) atoms. The maximum atomic E-state index is 12.2. The van der Waals surface area contributed by atoms with E-state index in [-0.39, 0.29) is 11.6 Å². The van der Waals surface area contributed by atoms with Crippen LogP contribution in [0.25, 0.3) is 11.3 Å². The molecular formula is C16H12ClNO4S. The summed E-state index contributed by atoms with van der Waals surface area (Å²) in [5, 5.41) is 20.5. The summed E-state index contributed by atoms with van der Waals surface area (Å²) in [6.07, 6.45) is 0. The van der Waals surface area contributed by atoms with Gasteiger partial charge in [0.2, 0.25) is 11.5 Å². The lowest BCUT2D eigenvalue weighted by Gasteiger charge is -2.03. The Morgan fingerprint density at radius 1 is 0.957 bits per heavy atom. The van der Waals surface area contributed by atoms with Crippen molar-refractivity contribution in [2.75, 3.05) is 4.72 Å². The molecule has 1 heterocycles. The maximum Gasteiger partial charge on any atom is 0.252 e. The molecule has 0 fully saturated rings. The van der Waals surface area contributed by atoms with E-state index < -0.39 is 22.5 Å². The van der Waals surface area contributed by atoms with Crippen LogP contribution >= 0.6 is 11.6 Å². The molecule has 7 heteroatoms. The van der Waals surface area contributed by atoms with Gasteiger partial charge in [-0.05, 0) is 36.4 Å². The zero-order valence-corrected chi connectivity index (χ0v) is 13.3. The Balaban J connectivity index is 1.91. The molecule has 3 aromatic rings. The van der Waals surface area contributed by atoms with E-state index in [0.717, 1.165) is 0 Å². The van der Waals surface area contributed by atoms with E-state index >= 15 is 0 Å². The molecule has 5 nitrogen and oxygen atoms in total. The van der Waals surface area contributed by atoms with Crippen LogP contribution in [0.5, 0.6) is 11.5 Å². The summed E-state index contributed by atoms with van der Waals surface area (Å²) in [4.78, 5) is 0.510. The number of hydrogen-bond acceptors (Lipinski definition) is 4. The van der Waals surface area contributed by atoms with Crippen molar-refractivity contribution in [2.45, 2.75) is 4.90 Å². The first-order valence-corrected chi connectivity index (χ1v) is 8.13. The first-order valence-electron chi connectivity index (χ1n) is 6.60. The molecule has 0 aliphatic heterocycles. The maximum absolute atomic E-state index is 12.2. The van der Waals surface area contributed by atoms with E-state index in [2.05, 4.69) is 4.72 Å². The quantitative estimate of drug-likeness (QED) is 0.661. The van der Waals surface area contributed by atoms with Crippen molar-refractivity contribution < 1.29 is 18.8 Å². The van der Waals surface area contributed by atoms with E-state index in [9.17, 15) is 14.4 Å². The fraction of sp³-hybridized carbons (Fsp3) is 0. The van der Waals surface area contributed by atoms with Crippen LogP contribution in [0.2, 0.25) is 5.02 Å². The lowest BCUT2D eigenvalue weighted by Crippen LogP contribution is -2.03. The van der Waals surface area contributed by atoms with Crippen LogP contribution < -0.4 is 4.72 Å². The Morgan fingerprint density at radius 2 is 1.61 bits per heavy atom. The number of halogens is 1. The third-order valence-electron chi connectivity index (χ3n) is 3.11. The molecular weight excluding hydrogens is 338 g/mol. The molecule has 0 radical (unpaired) electrons. The monoisotopic (exact) mass is 349 g/mol. The van der Waals surface area contributed by atoms with Crippen LogP contribution in [0.4, 0.5) is 5.88 Å². The van der Waals surface area contributed by atoms with E-state index in [1.165, 1.54) is 0 Å². The molecule has 0 aliphatic carbocycles. The number of rotatable bonds is 4. The Hall–Kier alpha value is -2.44. The topological polar surface area (TPSA) is 82.7 Å². The lowest BCUT2D eigenvalue weighted by molar-refractivity contribution is 0.410. The minimum absolute atomic E-state index is 0.0618. The molecule has 0 spiro atoms. The second kappa shape index (κ2) is 6.36. The number of aromatic hydroxyl groups is 2. The Morgan fingerprint density at radius 3 is 2.26 bits per heavy atom. The number of anilines is 1. The number of benzene rings is 2. The molecule has 3 rings (SSSR count). The van der Waals surface area contributed by atoms with Crippen LogP contribution in [-0.2, 0) is 11.0 Å². The minimum Gasteiger partial charge on any atom is -0.502 e. The van der Waals surface area contributed by atoms with E-state index in [4.69, 9.17) is 16.0 Å².